The van der Waals surface area contributed by atoms with Crippen LogP contribution in [0.2, 0.25) is 0 Å². The Balaban J connectivity index is 1.86. The number of benzene rings is 1. The molecule has 1 fully saturated rings. The summed E-state index contributed by atoms with van der Waals surface area (Å²) >= 11 is 0. The van der Waals surface area contributed by atoms with Gasteiger partial charge in [-0.15, -0.1) is 0 Å². The van der Waals surface area contributed by atoms with Gasteiger partial charge in [0, 0.05) is 37.4 Å². The van der Waals surface area contributed by atoms with Crippen LogP contribution in [-0.4, -0.2) is 25.5 Å². The minimum Gasteiger partial charge on any atom is -0.385 e. The van der Waals surface area contributed by atoms with E-state index in [0.29, 0.717) is 13.0 Å². The predicted octanol–water partition coefficient (Wildman–Crippen LogP) is 1.57. The summed E-state index contributed by atoms with van der Waals surface area (Å²) in [5.41, 5.74) is 7.39. The second-order valence-electron chi connectivity index (χ2n) is 4.38. The Morgan fingerprint density at radius 2 is 1.88 bits per heavy atom. The highest BCUT2D eigenvalue weighted by Gasteiger charge is 2.11. The van der Waals surface area contributed by atoms with Gasteiger partial charge in [-0.2, -0.15) is 0 Å². The third-order valence-corrected chi connectivity index (χ3v) is 3.04. The molecule has 17 heavy (non-hydrogen) atoms. The monoisotopic (exact) mass is 233 g/mol. The molecule has 2 rings (SSSR count). The number of carbonyl (C=O) groups excluding carboxylic acids is 1. The maximum atomic E-state index is 10.6. The lowest BCUT2D eigenvalue weighted by atomic mass is 10.2. The van der Waals surface area contributed by atoms with Crippen molar-refractivity contribution in [2.45, 2.75) is 19.3 Å². The molecule has 1 aromatic carbocycles. The Labute approximate surface area is 102 Å². The zero-order valence-corrected chi connectivity index (χ0v) is 9.98. The van der Waals surface area contributed by atoms with Crippen molar-refractivity contribution in [3.05, 3.63) is 24.3 Å². The molecular formula is C13H19N3O. The average Bonchev–Trinajstić information content (AvgIpc) is 2.83. The lowest BCUT2D eigenvalue weighted by molar-refractivity contribution is -0.117. The van der Waals surface area contributed by atoms with Gasteiger partial charge in [-0.3, -0.25) is 4.79 Å². The molecule has 1 aliphatic rings. The molecule has 1 saturated heterocycles. The van der Waals surface area contributed by atoms with Crippen molar-refractivity contribution in [3.63, 3.8) is 0 Å². The van der Waals surface area contributed by atoms with Gasteiger partial charge in [-0.25, -0.2) is 0 Å². The van der Waals surface area contributed by atoms with Crippen molar-refractivity contribution >= 4 is 17.3 Å². The van der Waals surface area contributed by atoms with Gasteiger partial charge in [0.25, 0.3) is 0 Å². The van der Waals surface area contributed by atoms with E-state index in [9.17, 15) is 4.79 Å². The fourth-order valence-corrected chi connectivity index (χ4v) is 2.10. The summed E-state index contributed by atoms with van der Waals surface area (Å²) in [4.78, 5) is 13.0. The third kappa shape index (κ3) is 3.37. The first-order valence-corrected chi connectivity index (χ1v) is 6.13. The summed E-state index contributed by atoms with van der Waals surface area (Å²) in [6.45, 7) is 2.92. The van der Waals surface area contributed by atoms with Gasteiger partial charge in [0.2, 0.25) is 5.91 Å². The largest absolute Gasteiger partial charge is 0.385 e. The van der Waals surface area contributed by atoms with Gasteiger partial charge in [-0.1, -0.05) is 0 Å². The highest BCUT2D eigenvalue weighted by molar-refractivity contribution is 5.74. The number of rotatable bonds is 5. The molecule has 1 aliphatic heterocycles. The summed E-state index contributed by atoms with van der Waals surface area (Å²) < 4.78 is 0. The summed E-state index contributed by atoms with van der Waals surface area (Å²) in [5, 5.41) is 3.17. The quantitative estimate of drug-likeness (QED) is 0.811. The summed E-state index contributed by atoms with van der Waals surface area (Å²) in [6.07, 6.45) is 2.95. The van der Waals surface area contributed by atoms with E-state index in [1.165, 1.54) is 18.5 Å². The Bertz CT molecular complexity index is 369. The van der Waals surface area contributed by atoms with Crippen molar-refractivity contribution in [2.75, 3.05) is 29.9 Å². The van der Waals surface area contributed by atoms with Crippen molar-refractivity contribution in [2.24, 2.45) is 5.73 Å². The van der Waals surface area contributed by atoms with Crippen LogP contribution in [0.5, 0.6) is 0 Å². The highest BCUT2D eigenvalue weighted by Crippen LogP contribution is 2.21. The fraction of sp³-hybridized carbons (Fsp3) is 0.462. The molecule has 1 amide bonds. The van der Waals surface area contributed by atoms with E-state index in [4.69, 9.17) is 5.73 Å². The molecule has 0 bridgehead atoms. The number of nitrogens with zero attached hydrogens (tertiary/aromatic N) is 1. The topological polar surface area (TPSA) is 58.4 Å². The molecule has 0 aliphatic carbocycles. The van der Waals surface area contributed by atoms with Gasteiger partial charge in [-0.05, 0) is 37.1 Å². The molecule has 3 N–H and O–H groups in total. The van der Waals surface area contributed by atoms with E-state index < -0.39 is 0 Å². The van der Waals surface area contributed by atoms with E-state index in [-0.39, 0.29) is 5.91 Å². The Morgan fingerprint density at radius 3 is 2.47 bits per heavy atom. The molecule has 92 valence electrons. The number of primary amides is 1. The first-order valence-electron chi connectivity index (χ1n) is 6.13. The second kappa shape index (κ2) is 5.57. The van der Waals surface area contributed by atoms with E-state index in [1.54, 1.807) is 0 Å². The molecule has 0 spiro atoms. The molecule has 0 aromatic heterocycles. The summed E-state index contributed by atoms with van der Waals surface area (Å²) in [6, 6.07) is 8.35. The normalized spacial score (nSPS) is 14.9. The van der Waals surface area contributed by atoms with Gasteiger partial charge in [0.05, 0.1) is 0 Å². The number of amides is 1. The van der Waals surface area contributed by atoms with Crippen LogP contribution in [0.1, 0.15) is 19.3 Å². The number of hydrogen-bond acceptors (Lipinski definition) is 3. The van der Waals surface area contributed by atoms with Crippen LogP contribution in [0.4, 0.5) is 11.4 Å². The van der Waals surface area contributed by atoms with Crippen molar-refractivity contribution in [1.29, 1.82) is 0 Å². The first-order chi connectivity index (χ1) is 8.25. The van der Waals surface area contributed by atoms with Crippen LogP contribution in [0.25, 0.3) is 0 Å². The molecule has 1 aromatic rings. The lowest BCUT2D eigenvalue weighted by Crippen LogP contribution is -2.17. The van der Waals surface area contributed by atoms with Crippen molar-refractivity contribution in [1.82, 2.24) is 0 Å². The van der Waals surface area contributed by atoms with Crippen molar-refractivity contribution < 1.29 is 4.79 Å². The first kappa shape index (κ1) is 11.8. The maximum Gasteiger partial charge on any atom is 0.219 e. The van der Waals surface area contributed by atoms with Crippen LogP contribution in [0.15, 0.2) is 24.3 Å². The Morgan fingerprint density at radius 1 is 1.24 bits per heavy atom. The molecule has 0 saturated carbocycles. The van der Waals surface area contributed by atoms with E-state index >= 15 is 0 Å². The zero-order valence-electron chi connectivity index (χ0n) is 9.98. The Hall–Kier alpha value is -1.71. The van der Waals surface area contributed by atoms with Crippen LogP contribution >= 0.6 is 0 Å². The predicted molar refractivity (Wildman–Crippen MR) is 70.2 cm³/mol. The molecule has 0 radical (unpaired) electrons. The Kier molecular flexibility index (Phi) is 3.85. The van der Waals surface area contributed by atoms with Crippen LogP contribution in [0, 0.1) is 0 Å². The molecule has 4 heteroatoms. The van der Waals surface area contributed by atoms with Crippen LogP contribution in [0.3, 0.4) is 0 Å². The number of carbonyl (C=O) groups is 1. The summed E-state index contributed by atoms with van der Waals surface area (Å²) in [5.74, 6) is -0.272. The fourth-order valence-electron chi connectivity index (χ4n) is 2.10. The minimum absolute atomic E-state index is 0.272. The zero-order chi connectivity index (χ0) is 12.1. The molecule has 4 nitrogen and oxygen atoms in total. The number of nitrogens with two attached hydrogens (primary N) is 1. The molecule has 0 unspecified atom stereocenters. The van der Waals surface area contributed by atoms with E-state index in [1.807, 2.05) is 0 Å². The number of hydrogen-bond donors (Lipinski definition) is 2. The maximum absolute atomic E-state index is 10.6. The molecular weight excluding hydrogens is 214 g/mol. The smallest absolute Gasteiger partial charge is 0.219 e. The number of nitrogens with one attached hydrogen (secondary N) is 1. The van der Waals surface area contributed by atoms with Gasteiger partial charge in [0.15, 0.2) is 0 Å². The second-order valence-corrected chi connectivity index (χ2v) is 4.38. The standard InChI is InChI=1S/C13H19N3O/c14-13(17)7-8-15-11-3-5-12(6-4-11)16-9-1-2-10-16/h3-6,15H,1-2,7-10H2,(H2,14,17). The lowest BCUT2D eigenvalue weighted by Gasteiger charge is -2.17. The van der Waals surface area contributed by atoms with Crippen LogP contribution < -0.4 is 16.0 Å². The van der Waals surface area contributed by atoms with Gasteiger partial charge in [0.1, 0.15) is 0 Å². The van der Waals surface area contributed by atoms with Gasteiger partial charge >= 0.3 is 0 Å². The summed E-state index contributed by atoms with van der Waals surface area (Å²) in [7, 11) is 0. The number of anilines is 2. The van der Waals surface area contributed by atoms with Crippen molar-refractivity contribution in [3.8, 4) is 0 Å². The molecule has 0 atom stereocenters. The third-order valence-electron chi connectivity index (χ3n) is 3.04. The SMILES string of the molecule is NC(=O)CCNc1ccc(N2CCCC2)cc1. The molecule has 1 heterocycles. The van der Waals surface area contributed by atoms with Crippen LogP contribution in [-0.2, 0) is 4.79 Å². The average molecular weight is 233 g/mol. The van der Waals surface area contributed by atoms with E-state index in [0.717, 1.165) is 18.8 Å². The van der Waals surface area contributed by atoms with E-state index in [2.05, 4.69) is 34.5 Å². The van der Waals surface area contributed by atoms with Gasteiger partial charge < -0.3 is 16.0 Å². The highest BCUT2D eigenvalue weighted by atomic mass is 16.1. The minimum atomic E-state index is -0.272.